The van der Waals surface area contributed by atoms with Crippen LogP contribution in [-0.4, -0.2) is 40.5 Å². The first kappa shape index (κ1) is 30.5. The lowest BCUT2D eigenvalue weighted by molar-refractivity contribution is -0.146. The molecule has 39 heavy (non-hydrogen) atoms. The molecule has 0 aromatic heterocycles. The quantitative estimate of drug-likeness (QED) is 0.372. The van der Waals surface area contributed by atoms with E-state index < -0.39 is 23.8 Å². The van der Waals surface area contributed by atoms with Gasteiger partial charge in [0.2, 0.25) is 5.91 Å². The fraction of sp³-hybridized carbons (Fsp3) is 0.516. The molecular weight excluding hydrogens is 514 g/mol. The fourth-order valence-corrected chi connectivity index (χ4v) is 5.09. The van der Waals surface area contributed by atoms with Crippen LogP contribution in [-0.2, 0) is 14.3 Å². The summed E-state index contributed by atoms with van der Waals surface area (Å²) >= 11 is 6.46. The molecule has 2 aromatic rings. The van der Waals surface area contributed by atoms with Gasteiger partial charge in [-0.3, -0.25) is 9.59 Å². The summed E-state index contributed by atoms with van der Waals surface area (Å²) in [5.74, 6) is -0.893. The van der Waals surface area contributed by atoms with Gasteiger partial charge >= 0.3 is 6.09 Å². The van der Waals surface area contributed by atoms with Gasteiger partial charge in [0.25, 0.3) is 5.91 Å². The standard InChI is InChI=1S/C31H42ClN3O4/c1-18(2)25(34-30(38)39-31(6,7)8)29(37)35(22-12-10-13-22)27(23-16-15-19(3)17-21(23)5)28(36)33-26-20(4)11-9-14-24(26)32/h9,11,14-18,22,25,27H,10,12-13H2,1-8H3,(H,33,36)(H,34,38). The van der Waals surface area contributed by atoms with Gasteiger partial charge in [0.15, 0.2) is 0 Å². The molecule has 1 aliphatic rings. The number of alkyl carbamates (subject to hydrolysis) is 1. The summed E-state index contributed by atoms with van der Waals surface area (Å²) in [5, 5.41) is 6.24. The molecule has 1 aliphatic carbocycles. The number of para-hydroxylation sites is 1. The first-order valence-corrected chi connectivity index (χ1v) is 14.0. The number of amides is 3. The molecule has 0 saturated heterocycles. The van der Waals surface area contributed by atoms with Gasteiger partial charge in [-0.25, -0.2) is 4.79 Å². The number of carbonyl (C=O) groups excluding carboxylic acids is 3. The van der Waals surface area contributed by atoms with Crippen LogP contribution in [0.4, 0.5) is 10.5 Å². The van der Waals surface area contributed by atoms with Crippen LogP contribution in [0, 0.1) is 26.7 Å². The predicted octanol–water partition coefficient (Wildman–Crippen LogP) is 6.88. The Hall–Kier alpha value is -3.06. The Morgan fingerprint density at radius 3 is 2.21 bits per heavy atom. The number of anilines is 1. The molecule has 0 radical (unpaired) electrons. The lowest BCUT2D eigenvalue weighted by atomic mass is 9.86. The van der Waals surface area contributed by atoms with Crippen molar-refractivity contribution in [1.82, 2.24) is 10.2 Å². The second-order valence-electron chi connectivity index (χ2n) is 11.9. The third kappa shape index (κ3) is 7.53. The van der Waals surface area contributed by atoms with E-state index in [1.165, 1.54) is 0 Å². The van der Waals surface area contributed by atoms with Crippen molar-refractivity contribution in [1.29, 1.82) is 0 Å². The summed E-state index contributed by atoms with van der Waals surface area (Å²) in [6.07, 6.45) is 1.86. The smallest absolute Gasteiger partial charge is 0.408 e. The number of hydrogen-bond acceptors (Lipinski definition) is 4. The third-order valence-corrected chi connectivity index (χ3v) is 7.36. The van der Waals surface area contributed by atoms with Crippen LogP contribution >= 0.6 is 11.6 Å². The molecule has 212 valence electrons. The summed E-state index contributed by atoms with van der Waals surface area (Å²) in [7, 11) is 0. The number of nitrogens with zero attached hydrogens (tertiary/aromatic N) is 1. The van der Waals surface area contributed by atoms with E-state index in [0.29, 0.717) is 10.7 Å². The van der Waals surface area contributed by atoms with E-state index in [0.717, 1.165) is 41.5 Å². The number of aryl methyl sites for hydroxylation is 3. The molecule has 2 aromatic carbocycles. The van der Waals surface area contributed by atoms with E-state index in [1.807, 2.05) is 65.0 Å². The topological polar surface area (TPSA) is 87.7 Å². The average molecular weight is 556 g/mol. The highest BCUT2D eigenvalue weighted by atomic mass is 35.5. The SMILES string of the molecule is Cc1ccc(C(C(=O)Nc2c(C)cccc2Cl)N(C(=O)C(NC(=O)OC(C)(C)C)C(C)C)C2CCC2)c(C)c1. The van der Waals surface area contributed by atoms with Gasteiger partial charge in [-0.1, -0.05) is 61.3 Å². The number of ether oxygens (including phenoxy) is 1. The monoisotopic (exact) mass is 555 g/mol. The largest absolute Gasteiger partial charge is 0.444 e. The van der Waals surface area contributed by atoms with Crippen LogP contribution < -0.4 is 10.6 Å². The molecule has 2 N–H and O–H groups in total. The summed E-state index contributed by atoms with van der Waals surface area (Å²) in [4.78, 5) is 42.9. The van der Waals surface area contributed by atoms with Crippen LogP contribution in [0.3, 0.4) is 0 Å². The molecule has 1 fully saturated rings. The van der Waals surface area contributed by atoms with Crippen LogP contribution in [0.15, 0.2) is 36.4 Å². The zero-order chi connectivity index (χ0) is 29.1. The molecular formula is C31H42ClN3O4. The van der Waals surface area contributed by atoms with E-state index in [-0.39, 0.29) is 23.8 Å². The zero-order valence-corrected chi connectivity index (χ0v) is 25.1. The minimum absolute atomic E-state index is 0.136. The molecule has 2 unspecified atom stereocenters. The number of hydrogen-bond donors (Lipinski definition) is 2. The van der Waals surface area contributed by atoms with Crippen molar-refractivity contribution in [3.8, 4) is 0 Å². The van der Waals surface area contributed by atoms with E-state index in [2.05, 4.69) is 10.6 Å². The van der Waals surface area contributed by atoms with Gasteiger partial charge < -0.3 is 20.3 Å². The minimum atomic E-state index is -0.916. The van der Waals surface area contributed by atoms with Crippen molar-refractivity contribution in [3.05, 3.63) is 63.7 Å². The Morgan fingerprint density at radius 2 is 1.69 bits per heavy atom. The highest BCUT2D eigenvalue weighted by Crippen LogP contribution is 2.37. The molecule has 3 amide bonds. The van der Waals surface area contributed by atoms with E-state index >= 15 is 0 Å². The summed E-state index contributed by atoms with van der Waals surface area (Å²) in [5.41, 5.74) is 3.34. The normalized spacial score (nSPS) is 15.2. The highest BCUT2D eigenvalue weighted by Gasteiger charge is 2.43. The van der Waals surface area contributed by atoms with Crippen molar-refractivity contribution >= 4 is 35.2 Å². The molecule has 0 heterocycles. The van der Waals surface area contributed by atoms with Crippen LogP contribution in [0.1, 0.15) is 82.2 Å². The maximum atomic E-state index is 14.4. The summed E-state index contributed by atoms with van der Waals surface area (Å²) < 4.78 is 5.46. The number of carbonyl (C=O) groups is 3. The van der Waals surface area contributed by atoms with Crippen LogP contribution in [0.5, 0.6) is 0 Å². The molecule has 0 bridgehead atoms. The summed E-state index contributed by atoms with van der Waals surface area (Å²) in [6.45, 7) is 14.9. The Bertz CT molecular complexity index is 1200. The second kappa shape index (κ2) is 12.4. The Kier molecular flexibility index (Phi) is 9.70. The Labute approximate surface area is 237 Å². The van der Waals surface area contributed by atoms with Crippen molar-refractivity contribution in [2.24, 2.45) is 5.92 Å². The molecule has 7 nitrogen and oxygen atoms in total. The maximum Gasteiger partial charge on any atom is 0.408 e. The fourth-order valence-electron chi connectivity index (χ4n) is 4.82. The van der Waals surface area contributed by atoms with Gasteiger partial charge in [0.1, 0.15) is 17.7 Å². The van der Waals surface area contributed by atoms with Gasteiger partial charge in [0, 0.05) is 6.04 Å². The van der Waals surface area contributed by atoms with Gasteiger partial charge in [-0.15, -0.1) is 0 Å². The second-order valence-corrected chi connectivity index (χ2v) is 12.3. The van der Waals surface area contributed by atoms with E-state index in [9.17, 15) is 14.4 Å². The third-order valence-electron chi connectivity index (χ3n) is 7.04. The maximum absolute atomic E-state index is 14.4. The van der Waals surface area contributed by atoms with E-state index in [1.54, 1.807) is 31.7 Å². The number of nitrogens with one attached hydrogen (secondary N) is 2. The first-order chi connectivity index (χ1) is 18.2. The Balaban J connectivity index is 2.08. The van der Waals surface area contributed by atoms with Gasteiger partial charge in [-0.2, -0.15) is 0 Å². The molecule has 3 rings (SSSR count). The first-order valence-electron chi connectivity index (χ1n) is 13.6. The molecule has 0 spiro atoms. The highest BCUT2D eigenvalue weighted by molar-refractivity contribution is 6.34. The van der Waals surface area contributed by atoms with Crippen LogP contribution in [0.25, 0.3) is 0 Å². The molecule has 1 saturated carbocycles. The molecule has 0 aliphatic heterocycles. The lowest BCUT2D eigenvalue weighted by Gasteiger charge is -2.44. The zero-order valence-electron chi connectivity index (χ0n) is 24.4. The van der Waals surface area contributed by atoms with E-state index in [4.69, 9.17) is 16.3 Å². The van der Waals surface area contributed by atoms with Gasteiger partial charge in [0.05, 0.1) is 10.7 Å². The average Bonchev–Trinajstić information content (AvgIpc) is 2.77. The van der Waals surface area contributed by atoms with Crippen LogP contribution in [0.2, 0.25) is 5.02 Å². The lowest BCUT2D eigenvalue weighted by Crippen LogP contribution is -2.58. The van der Waals surface area contributed by atoms with Crippen molar-refractivity contribution in [2.45, 2.75) is 98.4 Å². The number of halogens is 1. The van der Waals surface area contributed by atoms with Crippen molar-refractivity contribution in [2.75, 3.05) is 5.32 Å². The molecule has 8 heteroatoms. The predicted molar refractivity (Wildman–Crippen MR) is 156 cm³/mol. The molecule has 2 atom stereocenters. The number of benzene rings is 2. The number of rotatable bonds is 8. The summed E-state index contributed by atoms with van der Waals surface area (Å²) in [6, 6.07) is 9.39. The Morgan fingerprint density at radius 1 is 1.03 bits per heavy atom. The minimum Gasteiger partial charge on any atom is -0.444 e. The van der Waals surface area contributed by atoms with Crippen molar-refractivity contribution in [3.63, 3.8) is 0 Å². The van der Waals surface area contributed by atoms with Crippen molar-refractivity contribution < 1.29 is 19.1 Å². The van der Waals surface area contributed by atoms with Gasteiger partial charge in [-0.05, 0) is 89.5 Å².